The van der Waals surface area contributed by atoms with Crippen molar-refractivity contribution in [3.8, 4) is 0 Å². The fraction of sp³-hybridized carbons (Fsp3) is 0.357. The highest BCUT2D eigenvalue weighted by Crippen LogP contribution is 2.13. The van der Waals surface area contributed by atoms with Crippen LogP contribution in [-0.4, -0.2) is 20.7 Å². The van der Waals surface area contributed by atoms with Gasteiger partial charge in [-0.15, -0.1) is 0 Å². The van der Waals surface area contributed by atoms with Gasteiger partial charge in [-0.3, -0.25) is 14.5 Å². The van der Waals surface area contributed by atoms with E-state index in [9.17, 15) is 4.79 Å². The van der Waals surface area contributed by atoms with Crippen LogP contribution >= 0.6 is 0 Å². The molecule has 100 valence electrons. The van der Waals surface area contributed by atoms with E-state index in [0.717, 1.165) is 17.8 Å². The van der Waals surface area contributed by atoms with Crippen molar-refractivity contribution in [2.45, 2.75) is 33.4 Å². The Kier molecular flexibility index (Phi) is 3.94. The normalized spacial score (nSPS) is 12.2. The van der Waals surface area contributed by atoms with Crippen molar-refractivity contribution in [3.63, 3.8) is 0 Å². The first kappa shape index (κ1) is 13.3. The van der Waals surface area contributed by atoms with Gasteiger partial charge in [-0.25, -0.2) is 0 Å². The number of nitrogens with one attached hydrogen (secondary N) is 1. The second-order valence-corrected chi connectivity index (χ2v) is 4.44. The van der Waals surface area contributed by atoms with Gasteiger partial charge in [0.1, 0.15) is 0 Å². The number of amides is 1. The van der Waals surface area contributed by atoms with Crippen LogP contribution in [0.5, 0.6) is 0 Å². The summed E-state index contributed by atoms with van der Waals surface area (Å²) in [4.78, 5) is 16.2. The minimum Gasteiger partial charge on any atom is -0.345 e. The Morgan fingerprint density at radius 1 is 1.42 bits per heavy atom. The Hall–Kier alpha value is -2.17. The molecule has 5 heteroatoms. The van der Waals surface area contributed by atoms with Crippen LogP contribution in [0.2, 0.25) is 0 Å². The summed E-state index contributed by atoms with van der Waals surface area (Å²) in [6.45, 7) is 6.62. The molecule has 2 heterocycles. The van der Waals surface area contributed by atoms with E-state index in [2.05, 4.69) is 15.4 Å². The van der Waals surface area contributed by atoms with Crippen molar-refractivity contribution in [2.24, 2.45) is 0 Å². The average Bonchev–Trinajstić information content (AvgIpc) is 2.80. The molecule has 0 aromatic carbocycles. The number of pyridine rings is 1. The highest BCUT2D eigenvalue weighted by Gasteiger charge is 2.16. The number of carbonyl (C=O) groups is 1. The number of hydrogen-bond donors (Lipinski definition) is 1. The summed E-state index contributed by atoms with van der Waals surface area (Å²) in [5.41, 5.74) is 2.55. The molecular formula is C14H18N4O. The maximum absolute atomic E-state index is 12.2. The zero-order chi connectivity index (χ0) is 13.8. The Balaban J connectivity index is 2.11. The minimum absolute atomic E-state index is 0.0557. The molecule has 0 aliphatic rings. The Morgan fingerprint density at radius 3 is 2.68 bits per heavy atom. The standard InChI is InChI=1S/C14H18N4O/c1-4-18-11(3)13(9-16-18)14(19)17-10(2)12-5-7-15-8-6-12/h5-10H,4H2,1-3H3,(H,17,19)/t10-/m1/s1. The number of hydrogen-bond acceptors (Lipinski definition) is 3. The molecule has 1 atom stereocenters. The fourth-order valence-electron chi connectivity index (χ4n) is 2.00. The third-order valence-electron chi connectivity index (χ3n) is 3.20. The second kappa shape index (κ2) is 5.65. The summed E-state index contributed by atoms with van der Waals surface area (Å²) in [6.07, 6.45) is 5.06. The first-order valence-corrected chi connectivity index (χ1v) is 6.36. The summed E-state index contributed by atoms with van der Waals surface area (Å²) < 4.78 is 1.81. The monoisotopic (exact) mass is 258 g/mol. The molecule has 0 fully saturated rings. The minimum atomic E-state index is -0.0958. The molecule has 1 amide bonds. The van der Waals surface area contributed by atoms with Gasteiger partial charge in [-0.2, -0.15) is 5.10 Å². The van der Waals surface area contributed by atoms with E-state index in [-0.39, 0.29) is 11.9 Å². The zero-order valence-electron chi connectivity index (χ0n) is 11.4. The lowest BCUT2D eigenvalue weighted by atomic mass is 10.1. The van der Waals surface area contributed by atoms with Crippen LogP contribution in [-0.2, 0) is 6.54 Å². The fourth-order valence-corrected chi connectivity index (χ4v) is 2.00. The first-order chi connectivity index (χ1) is 9.13. The highest BCUT2D eigenvalue weighted by molar-refractivity contribution is 5.95. The van der Waals surface area contributed by atoms with Crippen molar-refractivity contribution in [2.75, 3.05) is 0 Å². The largest absolute Gasteiger partial charge is 0.345 e. The lowest BCUT2D eigenvalue weighted by Crippen LogP contribution is -2.27. The van der Waals surface area contributed by atoms with E-state index in [4.69, 9.17) is 0 Å². The molecule has 2 aromatic rings. The lowest BCUT2D eigenvalue weighted by Gasteiger charge is -2.13. The number of rotatable bonds is 4. The highest BCUT2D eigenvalue weighted by atomic mass is 16.1. The van der Waals surface area contributed by atoms with Gasteiger partial charge in [0.05, 0.1) is 17.8 Å². The third-order valence-corrected chi connectivity index (χ3v) is 3.20. The number of nitrogens with zero attached hydrogens (tertiary/aromatic N) is 3. The van der Waals surface area contributed by atoms with Crippen molar-refractivity contribution in [1.29, 1.82) is 0 Å². The van der Waals surface area contributed by atoms with E-state index < -0.39 is 0 Å². The van der Waals surface area contributed by atoms with Gasteiger partial charge < -0.3 is 5.32 Å². The van der Waals surface area contributed by atoms with Crippen molar-refractivity contribution >= 4 is 5.91 Å². The van der Waals surface area contributed by atoms with E-state index in [1.807, 2.05) is 37.6 Å². The Labute approximate surface area is 112 Å². The SMILES string of the molecule is CCn1ncc(C(=O)N[C@H](C)c2ccncc2)c1C. The van der Waals surface area contributed by atoms with Crippen LogP contribution in [0.4, 0.5) is 0 Å². The first-order valence-electron chi connectivity index (χ1n) is 6.36. The van der Waals surface area contributed by atoms with Crippen LogP contribution in [0.15, 0.2) is 30.7 Å². The molecule has 0 saturated heterocycles. The smallest absolute Gasteiger partial charge is 0.255 e. The molecule has 2 rings (SSSR count). The third kappa shape index (κ3) is 2.81. The van der Waals surface area contributed by atoms with Gasteiger partial charge >= 0.3 is 0 Å². The van der Waals surface area contributed by atoms with E-state index in [1.54, 1.807) is 18.6 Å². The average molecular weight is 258 g/mol. The van der Waals surface area contributed by atoms with Crippen molar-refractivity contribution in [3.05, 3.63) is 47.5 Å². The van der Waals surface area contributed by atoms with Crippen molar-refractivity contribution < 1.29 is 4.79 Å². The summed E-state index contributed by atoms with van der Waals surface area (Å²) in [7, 11) is 0. The second-order valence-electron chi connectivity index (χ2n) is 4.44. The predicted molar refractivity (Wildman–Crippen MR) is 72.8 cm³/mol. The summed E-state index contributed by atoms with van der Waals surface area (Å²) in [6, 6.07) is 3.74. The van der Waals surface area contributed by atoms with Gasteiger partial charge in [0.2, 0.25) is 0 Å². The van der Waals surface area contributed by atoms with Crippen molar-refractivity contribution in [1.82, 2.24) is 20.1 Å². The maximum atomic E-state index is 12.2. The van der Waals surface area contributed by atoms with E-state index in [0.29, 0.717) is 5.56 Å². The van der Waals surface area contributed by atoms with Gasteiger partial charge in [0, 0.05) is 24.6 Å². The molecule has 0 unspecified atom stereocenters. The quantitative estimate of drug-likeness (QED) is 0.913. The summed E-state index contributed by atoms with van der Waals surface area (Å²) in [5, 5.41) is 7.15. The molecule has 19 heavy (non-hydrogen) atoms. The molecule has 0 saturated carbocycles. The summed E-state index contributed by atoms with van der Waals surface area (Å²) in [5.74, 6) is -0.0958. The predicted octanol–water partition coefficient (Wildman–Crippen LogP) is 2.10. The molecule has 2 aromatic heterocycles. The van der Waals surface area contributed by atoms with Gasteiger partial charge in [-0.05, 0) is 38.5 Å². The van der Waals surface area contributed by atoms with Crippen LogP contribution in [0, 0.1) is 6.92 Å². The zero-order valence-corrected chi connectivity index (χ0v) is 11.4. The molecule has 0 bridgehead atoms. The summed E-state index contributed by atoms with van der Waals surface area (Å²) >= 11 is 0. The van der Waals surface area contributed by atoms with E-state index in [1.165, 1.54) is 0 Å². The van der Waals surface area contributed by atoms with E-state index >= 15 is 0 Å². The van der Waals surface area contributed by atoms with Gasteiger partial charge in [-0.1, -0.05) is 0 Å². The van der Waals surface area contributed by atoms with Crippen LogP contribution < -0.4 is 5.32 Å². The van der Waals surface area contributed by atoms with Crippen LogP contribution in [0.25, 0.3) is 0 Å². The van der Waals surface area contributed by atoms with Gasteiger partial charge in [0.25, 0.3) is 5.91 Å². The number of carbonyl (C=O) groups excluding carboxylic acids is 1. The number of aryl methyl sites for hydroxylation is 1. The molecule has 0 spiro atoms. The molecule has 0 radical (unpaired) electrons. The van der Waals surface area contributed by atoms with Gasteiger partial charge in [0.15, 0.2) is 0 Å². The molecule has 1 N–H and O–H groups in total. The topological polar surface area (TPSA) is 59.8 Å². The Bertz CT molecular complexity index is 562. The molecule has 0 aliphatic heterocycles. The lowest BCUT2D eigenvalue weighted by molar-refractivity contribution is 0.0939. The van der Waals surface area contributed by atoms with Crippen LogP contribution in [0.1, 0.15) is 41.5 Å². The maximum Gasteiger partial charge on any atom is 0.255 e. The molecule has 0 aliphatic carbocycles. The Morgan fingerprint density at radius 2 is 2.11 bits per heavy atom. The van der Waals surface area contributed by atoms with Crippen LogP contribution in [0.3, 0.4) is 0 Å². The number of aromatic nitrogens is 3. The molecular weight excluding hydrogens is 240 g/mol. The molecule has 5 nitrogen and oxygen atoms in total.